The fraction of sp³-hybridized carbons (Fsp3) is 0.513. The smallest absolute Gasteiger partial charge is 0.286 e. The van der Waals surface area contributed by atoms with Crippen LogP contribution < -0.4 is 19.1 Å². The third kappa shape index (κ3) is 6.68. The summed E-state index contributed by atoms with van der Waals surface area (Å²) in [5.41, 5.74) is 4.82. The first-order valence-corrected chi connectivity index (χ1v) is 19.6. The number of nitrogens with one attached hydrogen (secondary N) is 1. The molecule has 2 bridgehead atoms. The molecule has 1 saturated carbocycles. The third-order valence-corrected chi connectivity index (χ3v) is 14.1. The quantitative estimate of drug-likeness (QED) is 0.338. The van der Waals surface area contributed by atoms with E-state index >= 15 is 0 Å². The Hall–Kier alpha value is -4.16. The zero-order valence-electron chi connectivity index (χ0n) is 30.1. The van der Waals surface area contributed by atoms with E-state index in [1.165, 1.54) is 34.7 Å². The number of amides is 2. The predicted octanol–water partition coefficient (Wildman–Crippen LogP) is 5.54. The molecular formula is C39H49N5O6S. The van der Waals surface area contributed by atoms with E-state index in [4.69, 9.17) is 9.47 Å². The van der Waals surface area contributed by atoms with Crippen molar-refractivity contribution in [1.29, 1.82) is 0 Å². The number of hydrogen-bond acceptors (Lipinski definition) is 8. The summed E-state index contributed by atoms with van der Waals surface area (Å²) in [5, 5.41) is 14.8. The van der Waals surface area contributed by atoms with E-state index in [1.54, 1.807) is 26.1 Å². The van der Waals surface area contributed by atoms with Crippen molar-refractivity contribution in [2.45, 2.75) is 76.1 Å². The summed E-state index contributed by atoms with van der Waals surface area (Å²) in [5.74, 6) is -0.523. The Kier molecular flexibility index (Phi) is 9.51. The molecule has 3 aromatic rings. The van der Waals surface area contributed by atoms with Crippen LogP contribution in [0, 0.1) is 24.7 Å². The van der Waals surface area contributed by atoms with Gasteiger partial charge in [-0.25, -0.2) is 4.21 Å². The highest BCUT2D eigenvalue weighted by Crippen LogP contribution is 2.46. The number of aryl methyl sites for hydroxylation is 3. The molecule has 4 aliphatic rings. The fourth-order valence-corrected chi connectivity index (χ4v) is 10.2. The van der Waals surface area contributed by atoms with Gasteiger partial charge in [0.1, 0.15) is 21.2 Å². The standard InChI is InChI=1S/C39H49N5O6S/c1-24-11-15-32-27(18-24)9-7-17-39(32)22-44-20-29-12-14-30(29)34(45)10-6-8-25(2)26(3)51(48,42-37(47)31-21-43(4)40-38(31)49-5)41-36(46)28-13-16-35(50-23-39)33(44)19-28/h6,10-11,13,15-16,18-19,21,25-26,29-30,34,45H,7-9,12,14,17,20,22-23H2,1-5H3,(H,41,42,46,47,48)/b10-6+/t25-,26+,29-,30+,34-,39-,51?/m0/s1. The van der Waals surface area contributed by atoms with Gasteiger partial charge in [-0.3, -0.25) is 19.0 Å². The molecule has 1 aromatic heterocycles. The van der Waals surface area contributed by atoms with Gasteiger partial charge in [-0.05, 0) is 99.5 Å². The highest BCUT2D eigenvalue weighted by Gasteiger charge is 2.44. The molecule has 11 nitrogen and oxygen atoms in total. The van der Waals surface area contributed by atoms with Crippen LogP contribution >= 0.6 is 0 Å². The van der Waals surface area contributed by atoms with Crippen molar-refractivity contribution >= 4 is 27.4 Å². The number of anilines is 1. The zero-order chi connectivity index (χ0) is 36.1. The second-order valence-corrected chi connectivity index (χ2v) is 17.4. The predicted molar refractivity (Wildman–Crippen MR) is 197 cm³/mol. The minimum atomic E-state index is -3.69. The molecule has 12 heteroatoms. The first-order chi connectivity index (χ1) is 24.4. The molecule has 51 heavy (non-hydrogen) atoms. The van der Waals surface area contributed by atoms with Gasteiger partial charge in [-0.1, -0.05) is 42.8 Å². The fourth-order valence-electron chi connectivity index (χ4n) is 8.38. The summed E-state index contributed by atoms with van der Waals surface area (Å²) in [4.78, 5) is 30.0. The van der Waals surface area contributed by atoms with Crippen LogP contribution in [-0.2, 0) is 28.8 Å². The molecule has 7 atom stereocenters. The normalized spacial score (nSPS) is 31.2. The van der Waals surface area contributed by atoms with E-state index in [0.29, 0.717) is 31.9 Å². The largest absolute Gasteiger partial charge is 0.490 e. The van der Waals surface area contributed by atoms with Crippen LogP contribution in [-0.4, -0.2) is 69.1 Å². The number of allylic oxidation sites excluding steroid dienone is 1. The Labute approximate surface area is 300 Å². The summed E-state index contributed by atoms with van der Waals surface area (Å²) in [6.07, 6.45) is 10.1. The topological polar surface area (TPSA) is 135 Å². The van der Waals surface area contributed by atoms with Gasteiger partial charge in [0.25, 0.3) is 11.8 Å². The number of aliphatic hydroxyl groups is 1. The lowest BCUT2D eigenvalue weighted by Gasteiger charge is -2.45. The van der Waals surface area contributed by atoms with Crippen molar-refractivity contribution < 1.29 is 28.4 Å². The van der Waals surface area contributed by atoms with Crippen LogP contribution in [0.4, 0.5) is 5.69 Å². The van der Waals surface area contributed by atoms with Crippen molar-refractivity contribution in [3.05, 3.63) is 82.6 Å². The second-order valence-electron chi connectivity index (χ2n) is 15.1. The number of aliphatic hydroxyl groups excluding tert-OH is 1. The number of aromatic nitrogens is 2. The van der Waals surface area contributed by atoms with Crippen molar-refractivity contribution in [1.82, 2.24) is 14.5 Å². The number of carbonyl (C=O) groups excluding carboxylic acids is 2. The van der Waals surface area contributed by atoms with Crippen LogP contribution in [0.15, 0.2) is 59.1 Å². The average Bonchev–Trinajstić information content (AvgIpc) is 3.41. The molecule has 0 saturated heterocycles. The Morgan fingerprint density at radius 3 is 2.76 bits per heavy atom. The van der Waals surface area contributed by atoms with E-state index < -0.39 is 33.1 Å². The lowest BCUT2D eigenvalue weighted by atomic mass is 9.68. The number of methoxy groups -OCH3 is 1. The van der Waals surface area contributed by atoms with Crippen molar-refractivity contribution in [3.63, 3.8) is 0 Å². The maximum Gasteiger partial charge on any atom is 0.286 e. The van der Waals surface area contributed by atoms with Gasteiger partial charge in [0.2, 0.25) is 5.88 Å². The summed E-state index contributed by atoms with van der Waals surface area (Å²) in [6.45, 7) is 7.69. The highest BCUT2D eigenvalue weighted by atomic mass is 32.2. The number of hydrogen-bond donors (Lipinski definition) is 2. The molecular weight excluding hydrogens is 667 g/mol. The van der Waals surface area contributed by atoms with Gasteiger partial charge in [-0.2, -0.15) is 0 Å². The first-order valence-electron chi connectivity index (χ1n) is 18.1. The summed E-state index contributed by atoms with van der Waals surface area (Å²) in [7, 11) is -0.636. The highest BCUT2D eigenvalue weighted by molar-refractivity contribution is 7.93. The number of nitrogens with zero attached hydrogens (tertiary/aromatic N) is 4. The summed E-state index contributed by atoms with van der Waals surface area (Å²) >= 11 is 0. The number of rotatable bonds is 3. The molecule has 272 valence electrons. The van der Waals surface area contributed by atoms with E-state index in [-0.39, 0.29) is 40.2 Å². The maximum atomic E-state index is 14.8. The lowest BCUT2D eigenvalue weighted by Crippen LogP contribution is -2.49. The Morgan fingerprint density at radius 1 is 1.18 bits per heavy atom. The van der Waals surface area contributed by atoms with Crippen molar-refractivity contribution in [2.24, 2.45) is 29.2 Å². The van der Waals surface area contributed by atoms with Crippen LogP contribution in [0.3, 0.4) is 0 Å². The van der Waals surface area contributed by atoms with Gasteiger partial charge in [-0.15, -0.1) is 9.46 Å². The molecule has 2 aliphatic carbocycles. The third-order valence-electron chi connectivity index (χ3n) is 11.7. The molecule has 2 amide bonds. The van der Waals surface area contributed by atoms with Gasteiger partial charge in [0.05, 0.1) is 30.8 Å². The summed E-state index contributed by atoms with van der Waals surface area (Å²) in [6, 6.07) is 12.0. The van der Waals surface area contributed by atoms with Crippen LogP contribution in [0.2, 0.25) is 0 Å². The SMILES string of the molecule is COc1nn(C)cc1C(=O)NS1(=O)=NC(=O)c2ccc3c(c2)N(C[C@@H]2CC[C@H]2[C@@H](O)/C=C/C[C@H](C)[C@H]1C)C[C@@]1(CCCc2cc(C)ccc21)CO3. The minimum absolute atomic E-state index is 0.0730. The molecule has 2 aliphatic heterocycles. The lowest BCUT2D eigenvalue weighted by molar-refractivity contribution is 0.0455. The molecule has 1 fully saturated rings. The number of carbonyl (C=O) groups is 2. The van der Waals surface area contributed by atoms with Gasteiger partial charge in [0.15, 0.2) is 0 Å². The molecule has 2 aromatic carbocycles. The molecule has 0 radical (unpaired) electrons. The number of fused-ring (bicyclic) bond motifs is 4. The molecule has 7 rings (SSSR count). The maximum absolute atomic E-state index is 14.8. The first kappa shape index (κ1) is 35.3. The molecule has 1 unspecified atom stereocenters. The van der Waals surface area contributed by atoms with E-state index in [0.717, 1.165) is 37.8 Å². The van der Waals surface area contributed by atoms with Crippen LogP contribution in [0.5, 0.6) is 11.6 Å². The summed E-state index contributed by atoms with van der Waals surface area (Å²) < 4.78 is 35.1. The Balaban J connectivity index is 1.32. The molecule has 3 heterocycles. The zero-order valence-corrected chi connectivity index (χ0v) is 30.9. The Bertz CT molecular complexity index is 2000. The second kappa shape index (κ2) is 13.8. The monoisotopic (exact) mass is 715 g/mol. The van der Waals surface area contributed by atoms with E-state index in [1.807, 2.05) is 25.1 Å². The number of benzene rings is 2. The average molecular weight is 716 g/mol. The Morgan fingerprint density at radius 2 is 2.00 bits per heavy atom. The molecule has 1 spiro atoms. The van der Waals surface area contributed by atoms with Gasteiger partial charge >= 0.3 is 0 Å². The number of ether oxygens (including phenoxy) is 2. The van der Waals surface area contributed by atoms with Gasteiger partial charge in [0, 0.05) is 37.3 Å². The van der Waals surface area contributed by atoms with Crippen LogP contribution in [0.1, 0.15) is 83.4 Å². The molecule has 2 N–H and O–H groups in total. The minimum Gasteiger partial charge on any atom is -0.490 e. The van der Waals surface area contributed by atoms with Crippen molar-refractivity contribution in [3.8, 4) is 11.6 Å². The van der Waals surface area contributed by atoms with Crippen molar-refractivity contribution in [2.75, 3.05) is 31.7 Å². The van der Waals surface area contributed by atoms with E-state index in [9.17, 15) is 18.9 Å². The van der Waals surface area contributed by atoms with Gasteiger partial charge < -0.3 is 19.5 Å². The van der Waals surface area contributed by atoms with Crippen LogP contribution in [0.25, 0.3) is 0 Å². The van der Waals surface area contributed by atoms with E-state index in [2.05, 4.69) is 44.2 Å².